The highest BCUT2D eigenvalue weighted by atomic mass is 16.6. The number of benzene rings is 1. The largest absolute Gasteiger partial charge is 0.477 e. The second-order valence-electron chi connectivity index (χ2n) is 2.89. The first-order valence-electron chi connectivity index (χ1n) is 4.29. The summed E-state index contributed by atoms with van der Waals surface area (Å²) in [4.78, 5) is 20.5. The Morgan fingerprint density at radius 2 is 2.12 bits per heavy atom. The van der Waals surface area contributed by atoms with Crippen molar-refractivity contribution >= 4 is 23.1 Å². The lowest BCUT2D eigenvalue weighted by Gasteiger charge is -2.01. The van der Waals surface area contributed by atoms with Crippen molar-refractivity contribution in [3.8, 4) is 0 Å². The summed E-state index contributed by atoms with van der Waals surface area (Å²) in [6.45, 7) is 1.28. The predicted octanol–water partition coefficient (Wildman–Crippen LogP) is 1.47. The van der Waals surface area contributed by atoms with Gasteiger partial charge in [-0.05, 0) is 13.0 Å². The minimum Gasteiger partial charge on any atom is -0.477 e. The van der Waals surface area contributed by atoms with E-state index >= 15 is 0 Å². The van der Waals surface area contributed by atoms with Crippen LogP contribution in [-0.2, 0) is 4.79 Å². The molecule has 0 saturated heterocycles. The van der Waals surface area contributed by atoms with Crippen LogP contribution in [0.2, 0.25) is 0 Å². The van der Waals surface area contributed by atoms with Crippen LogP contribution in [0.15, 0.2) is 29.4 Å². The smallest absolute Gasteiger partial charge is 0.351 e. The Balaban J connectivity index is 2.94. The van der Waals surface area contributed by atoms with Crippen molar-refractivity contribution in [1.82, 2.24) is 0 Å². The number of hydrogen-bond donors (Lipinski definition) is 2. The van der Waals surface area contributed by atoms with Crippen molar-refractivity contribution in [1.29, 1.82) is 0 Å². The number of rotatable bonds is 4. The van der Waals surface area contributed by atoms with Gasteiger partial charge >= 0.3 is 5.97 Å². The van der Waals surface area contributed by atoms with Crippen LogP contribution in [0.4, 0.5) is 11.4 Å². The second-order valence-corrected chi connectivity index (χ2v) is 2.89. The van der Waals surface area contributed by atoms with E-state index in [-0.39, 0.29) is 17.1 Å². The molecule has 16 heavy (non-hydrogen) atoms. The molecule has 2 N–H and O–H groups in total. The molecule has 0 fully saturated rings. The van der Waals surface area contributed by atoms with E-state index in [1.54, 1.807) is 6.07 Å². The number of carboxylic acid groups (broad SMARTS) is 1. The molecule has 0 saturated carbocycles. The summed E-state index contributed by atoms with van der Waals surface area (Å²) in [5, 5.41) is 22.6. The van der Waals surface area contributed by atoms with E-state index in [9.17, 15) is 14.9 Å². The molecule has 0 spiro atoms. The number of nitrogens with one attached hydrogen (secondary N) is 1. The van der Waals surface area contributed by atoms with Gasteiger partial charge < -0.3 is 5.11 Å². The SMILES string of the molecule is C/C(=N\Nc1ccccc1[N+](=O)[O-])C(=O)O. The van der Waals surface area contributed by atoms with E-state index in [1.807, 2.05) is 0 Å². The molecule has 7 nitrogen and oxygen atoms in total. The Morgan fingerprint density at radius 1 is 1.50 bits per heavy atom. The summed E-state index contributed by atoms with van der Waals surface area (Å²) in [5.74, 6) is -1.19. The third-order valence-electron chi connectivity index (χ3n) is 1.75. The van der Waals surface area contributed by atoms with Gasteiger partial charge in [0.2, 0.25) is 0 Å². The topological polar surface area (TPSA) is 105 Å². The highest BCUT2D eigenvalue weighted by Gasteiger charge is 2.11. The highest BCUT2D eigenvalue weighted by molar-refractivity contribution is 6.34. The maximum Gasteiger partial charge on any atom is 0.351 e. The molecule has 0 atom stereocenters. The zero-order valence-electron chi connectivity index (χ0n) is 8.38. The fourth-order valence-corrected chi connectivity index (χ4v) is 0.919. The van der Waals surface area contributed by atoms with Gasteiger partial charge in [0, 0.05) is 6.07 Å². The minimum absolute atomic E-state index is 0.146. The molecule has 0 heterocycles. The van der Waals surface area contributed by atoms with Gasteiger partial charge in [-0.25, -0.2) is 4.79 Å². The van der Waals surface area contributed by atoms with Crippen LogP contribution in [0, 0.1) is 10.1 Å². The van der Waals surface area contributed by atoms with Crippen LogP contribution in [0.5, 0.6) is 0 Å². The molecule has 0 bridgehead atoms. The van der Waals surface area contributed by atoms with Gasteiger partial charge in [0.05, 0.1) is 4.92 Å². The average molecular weight is 223 g/mol. The van der Waals surface area contributed by atoms with Gasteiger partial charge in [-0.15, -0.1) is 0 Å². The van der Waals surface area contributed by atoms with Crippen LogP contribution in [0.25, 0.3) is 0 Å². The molecule has 0 aliphatic heterocycles. The molecule has 0 aliphatic rings. The fraction of sp³-hybridized carbons (Fsp3) is 0.111. The molecule has 1 aromatic carbocycles. The Bertz CT molecular complexity index is 456. The Morgan fingerprint density at radius 3 is 2.69 bits per heavy atom. The highest BCUT2D eigenvalue weighted by Crippen LogP contribution is 2.22. The van der Waals surface area contributed by atoms with Gasteiger partial charge in [0.1, 0.15) is 11.4 Å². The molecule has 0 aliphatic carbocycles. The molecule has 0 amide bonds. The van der Waals surface area contributed by atoms with E-state index < -0.39 is 10.9 Å². The number of nitrogens with zero attached hydrogens (tertiary/aromatic N) is 2. The number of carbonyl (C=O) groups is 1. The zero-order valence-corrected chi connectivity index (χ0v) is 8.38. The lowest BCUT2D eigenvalue weighted by molar-refractivity contribution is -0.384. The Hall–Kier alpha value is -2.44. The second kappa shape index (κ2) is 4.87. The molecule has 84 valence electrons. The molecule has 0 aromatic heterocycles. The minimum atomic E-state index is -1.19. The summed E-state index contributed by atoms with van der Waals surface area (Å²) >= 11 is 0. The molecule has 1 rings (SSSR count). The van der Waals surface area contributed by atoms with E-state index in [2.05, 4.69) is 10.5 Å². The summed E-state index contributed by atoms with van der Waals surface area (Å²) in [5.41, 5.74) is 2.14. The lowest BCUT2D eigenvalue weighted by atomic mass is 10.3. The first-order chi connectivity index (χ1) is 7.52. The van der Waals surface area contributed by atoms with Crippen LogP contribution < -0.4 is 5.43 Å². The van der Waals surface area contributed by atoms with E-state index in [0.29, 0.717) is 0 Å². The van der Waals surface area contributed by atoms with Crippen LogP contribution in [0.1, 0.15) is 6.92 Å². The van der Waals surface area contributed by atoms with Gasteiger partial charge in [0.25, 0.3) is 5.69 Å². The quantitative estimate of drug-likeness (QED) is 0.456. The molecule has 0 unspecified atom stereocenters. The number of nitro benzene ring substituents is 1. The summed E-state index contributed by atoms with van der Waals surface area (Å²) in [6.07, 6.45) is 0. The number of anilines is 1. The van der Waals surface area contributed by atoms with Crippen molar-refractivity contribution in [2.45, 2.75) is 6.92 Å². The maximum atomic E-state index is 10.6. The Labute approximate surface area is 90.6 Å². The third kappa shape index (κ3) is 2.77. The number of nitro groups is 1. The summed E-state index contributed by atoms with van der Waals surface area (Å²) in [6, 6.07) is 5.84. The van der Waals surface area contributed by atoms with Gasteiger partial charge in [0.15, 0.2) is 0 Å². The maximum absolute atomic E-state index is 10.6. The first-order valence-corrected chi connectivity index (χ1v) is 4.29. The van der Waals surface area contributed by atoms with Gasteiger partial charge in [-0.3, -0.25) is 15.5 Å². The van der Waals surface area contributed by atoms with Crippen LogP contribution in [0.3, 0.4) is 0 Å². The average Bonchev–Trinajstić information content (AvgIpc) is 2.25. The number of aliphatic carboxylic acids is 1. The fourth-order valence-electron chi connectivity index (χ4n) is 0.919. The summed E-state index contributed by atoms with van der Waals surface area (Å²) < 4.78 is 0. The number of carboxylic acids is 1. The number of hydrazone groups is 1. The number of para-hydroxylation sites is 2. The first kappa shape index (κ1) is 11.6. The van der Waals surface area contributed by atoms with Crippen molar-refractivity contribution in [3.05, 3.63) is 34.4 Å². The standard InChI is InChI=1S/C9H9N3O4/c1-6(9(13)14)10-11-7-4-2-3-5-8(7)12(15)16/h2-5,11H,1H3,(H,13,14)/b10-6+. The van der Waals surface area contributed by atoms with E-state index in [0.717, 1.165) is 0 Å². The predicted molar refractivity (Wildman–Crippen MR) is 57.5 cm³/mol. The third-order valence-corrected chi connectivity index (χ3v) is 1.75. The van der Waals surface area contributed by atoms with Crippen molar-refractivity contribution in [2.75, 3.05) is 5.43 Å². The zero-order chi connectivity index (χ0) is 12.1. The van der Waals surface area contributed by atoms with Crippen molar-refractivity contribution in [3.63, 3.8) is 0 Å². The lowest BCUT2D eigenvalue weighted by Crippen LogP contribution is -2.10. The molecular weight excluding hydrogens is 214 g/mol. The van der Waals surface area contributed by atoms with Crippen molar-refractivity contribution in [2.24, 2.45) is 5.10 Å². The molecular formula is C9H9N3O4. The Kier molecular flexibility index (Phi) is 3.54. The van der Waals surface area contributed by atoms with E-state index in [1.165, 1.54) is 25.1 Å². The molecule has 7 heteroatoms. The van der Waals surface area contributed by atoms with Crippen molar-refractivity contribution < 1.29 is 14.8 Å². The van der Waals surface area contributed by atoms with Crippen LogP contribution in [-0.4, -0.2) is 21.7 Å². The van der Waals surface area contributed by atoms with Crippen LogP contribution >= 0.6 is 0 Å². The summed E-state index contributed by atoms with van der Waals surface area (Å²) in [7, 11) is 0. The molecule has 1 aromatic rings. The van der Waals surface area contributed by atoms with Gasteiger partial charge in [-0.2, -0.15) is 5.10 Å². The molecule has 0 radical (unpaired) electrons. The normalized spacial score (nSPS) is 10.9. The van der Waals surface area contributed by atoms with E-state index in [4.69, 9.17) is 5.11 Å². The van der Waals surface area contributed by atoms with Gasteiger partial charge in [-0.1, -0.05) is 12.1 Å². The monoisotopic (exact) mass is 223 g/mol. The number of hydrogen-bond acceptors (Lipinski definition) is 5.